The summed E-state index contributed by atoms with van der Waals surface area (Å²) in [5.41, 5.74) is 3.78. The van der Waals surface area contributed by atoms with Crippen molar-refractivity contribution in [1.29, 1.82) is 0 Å². The summed E-state index contributed by atoms with van der Waals surface area (Å²) in [7, 11) is 1.52. The summed E-state index contributed by atoms with van der Waals surface area (Å²) in [6.07, 6.45) is 2.54. The number of carbonyl (C=O) groups is 2. The molecule has 2 N–H and O–H groups in total. The summed E-state index contributed by atoms with van der Waals surface area (Å²) >= 11 is 0. The third-order valence-electron chi connectivity index (χ3n) is 5.44. The number of carbonyl (C=O) groups excluding carboxylic acids is 2. The zero-order valence-corrected chi connectivity index (χ0v) is 17.6. The minimum Gasteiger partial charge on any atom is -0.495 e. The van der Waals surface area contributed by atoms with Crippen LogP contribution in [0, 0.1) is 6.92 Å². The molecule has 1 atom stereocenters. The van der Waals surface area contributed by atoms with Gasteiger partial charge in [-0.3, -0.25) is 9.59 Å². The lowest BCUT2D eigenvalue weighted by Crippen LogP contribution is -2.41. The van der Waals surface area contributed by atoms with Gasteiger partial charge in [-0.1, -0.05) is 24.3 Å². The summed E-state index contributed by atoms with van der Waals surface area (Å²) in [6, 6.07) is 17.1. The van der Waals surface area contributed by atoms with Crippen molar-refractivity contribution in [3.05, 3.63) is 77.7 Å². The van der Waals surface area contributed by atoms with Gasteiger partial charge in [0, 0.05) is 18.8 Å². The average Bonchev–Trinajstić information content (AvgIpc) is 3.45. The number of amides is 2. The van der Waals surface area contributed by atoms with Crippen LogP contribution in [0.2, 0.25) is 0 Å². The van der Waals surface area contributed by atoms with E-state index in [0.717, 1.165) is 30.0 Å². The largest absolute Gasteiger partial charge is 0.495 e. The zero-order valence-electron chi connectivity index (χ0n) is 17.6. The standard InChI is InChI=1S/C24H25N3O4/c1-16-9-10-21(30-2)18(14-16)26-24(29)23(28)25-15-20(22-8-5-13-31-22)27-12-11-17-6-3-4-7-19(17)27/h3-10,13-14,20H,11-12,15H2,1-2H3,(H,25,28)(H,26,29)/t20-/m0/s1. The van der Waals surface area contributed by atoms with Crippen LogP contribution in [0.3, 0.4) is 0 Å². The van der Waals surface area contributed by atoms with E-state index in [2.05, 4.69) is 27.7 Å². The molecule has 1 aliphatic rings. The number of hydrogen-bond acceptors (Lipinski definition) is 5. The molecular weight excluding hydrogens is 394 g/mol. The smallest absolute Gasteiger partial charge is 0.313 e. The van der Waals surface area contributed by atoms with Crippen molar-refractivity contribution in [2.45, 2.75) is 19.4 Å². The van der Waals surface area contributed by atoms with E-state index in [-0.39, 0.29) is 12.6 Å². The molecule has 1 aliphatic heterocycles. The maximum atomic E-state index is 12.6. The van der Waals surface area contributed by atoms with Crippen LogP contribution >= 0.6 is 0 Å². The third kappa shape index (κ3) is 4.40. The molecule has 160 valence electrons. The minimum absolute atomic E-state index is 0.219. The van der Waals surface area contributed by atoms with E-state index < -0.39 is 11.8 Å². The molecule has 0 radical (unpaired) electrons. The first-order valence-corrected chi connectivity index (χ1v) is 10.2. The molecule has 7 nitrogen and oxygen atoms in total. The molecule has 0 aliphatic carbocycles. The van der Waals surface area contributed by atoms with Crippen LogP contribution in [0.15, 0.2) is 65.3 Å². The van der Waals surface area contributed by atoms with Crippen molar-refractivity contribution in [3.63, 3.8) is 0 Å². The van der Waals surface area contributed by atoms with Crippen molar-refractivity contribution in [1.82, 2.24) is 5.32 Å². The fourth-order valence-corrected chi connectivity index (χ4v) is 3.90. The average molecular weight is 419 g/mol. The Morgan fingerprint density at radius 3 is 2.74 bits per heavy atom. The second-order valence-corrected chi connectivity index (χ2v) is 7.47. The highest BCUT2D eigenvalue weighted by atomic mass is 16.5. The Hall–Kier alpha value is -3.74. The van der Waals surface area contributed by atoms with E-state index >= 15 is 0 Å². The fraction of sp³-hybridized carbons (Fsp3) is 0.250. The first kappa shape index (κ1) is 20.5. The van der Waals surface area contributed by atoms with Crippen LogP contribution in [-0.2, 0) is 16.0 Å². The number of furan rings is 1. The lowest BCUT2D eigenvalue weighted by atomic mass is 10.1. The maximum Gasteiger partial charge on any atom is 0.313 e. The predicted octanol–water partition coefficient (Wildman–Crippen LogP) is 3.46. The highest BCUT2D eigenvalue weighted by Crippen LogP contribution is 2.35. The number of nitrogens with one attached hydrogen (secondary N) is 2. The number of rotatable bonds is 6. The lowest BCUT2D eigenvalue weighted by Gasteiger charge is -2.29. The van der Waals surface area contributed by atoms with Crippen molar-refractivity contribution in [2.75, 3.05) is 30.4 Å². The molecule has 0 saturated heterocycles. The van der Waals surface area contributed by atoms with Gasteiger partial charge in [-0.25, -0.2) is 0 Å². The molecule has 0 fully saturated rings. The van der Waals surface area contributed by atoms with Gasteiger partial charge in [-0.15, -0.1) is 0 Å². The number of methoxy groups -OCH3 is 1. The molecular formula is C24H25N3O4. The van der Waals surface area contributed by atoms with E-state index in [1.165, 1.54) is 12.7 Å². The van der Waals surface area contributed by atoms with Crippen LogP contribution in [0.5, 0.6) is 5.75 Å². The molecule has 0 saturated carbocycles. The van der Waals surface area contributed by atoms with Crippen molar-refractivity contribution in [2.24, 2.45) is 0 Å². The lowest BCUT2D eigenvalue weighted by molar-refractivity contribution is -0.136. The number of hydrogen-bond donors (Lipinski definition) is 2. The summed E-state index contributed by atoms with van der Waals surface area (Å²) in [5, 5.41) is 5.39. The van der Waals surface area contributed by atoms with Crippen LogP contribution in [0.1, 0.15) is 22.9 Å². The number of ether oxygens (including phenoxy) is 1. The predicted molar refractivity (Wildman–Crippen MR) is 118 cm³/mol. The number of benzene rings is 2. The van der Waals surface area contributed by atoms with Gasteiger partial charge in [0.05, 0.1) is 19.1 Å². The van der Waals surface area contributed by atoms with Gasteiger partial charge in [0.2, 0.25) is 0 Å². The molecule has 1 aromatic heterocycles. The van der Waals surface area contributed by atoms with E-state index in [1.807, 2.05) is 37.3 Å². The Bertz CT molecular complexity index is 1080. The number of aryl methyl sites for hydroxylation is 1. The Morgan fingerprint density at radius 1 is 1.13 bits per heavy atom. The molecule has 2 aromatic carbocycles. The highest BCUT2D eigenvalue weighted by molar-refractivity contribution is 6.39. The van der Waals surface area contributed by atoms with Crippen molar-refractivity contribution < 1.29 is 18.7 Å². The van der Waals surface area contributed by atoms with Gasteiger partial charge >= 0.3 is 11.8 Å². The molecule has 7 heteroatoms. The van der Waals surface area contributed by atoms with Gasteiger partial charge in [0.15, 0.2) is 0 Å². The second kappa shape index (κ2) is 8.95. The van der Waals surface area contributed by atoms with Crippen LogP contribution in [0.4, 0.5) is 11.4 Å². The monoisotopic (exact) mass is 419 g/mol. The minimum atomic E-state index is -0.746. The van der Waals surface area contributed by atoms with Crippen molar-refractivity contribution >= 4 is 23.2 Å². The van der Waals surface area contributed by atoms with Crippen molar-refractivity contribution in [3.8, 4) is 5.75 Å². The topological polar surface area (TPSA) is 83.8 Å². The van der Waals surface area contributed by atoms with Gasteiger partial charge in [-0.2, -0.15) is 0 Å². The molecule has 0 spiro atoms. The quantitative estimate of drug-likeness (QED) is 0.598. The van der Waals surface area contributed by atoms with E-state index in [1.54, 1.807) is 18.4 Å². The SMILES string of the molecule is COc1ccc(C)cc1NC(=O)C(=O)NC[C@@H](c1ccco1)N1CCc2ccccc21. The van der Waals surface area contributed by atoms with Crippen LogP contribution in [-0.4, -0.2) is 32.0 Å². The molecule has 0 unspecified atom stereocenters. The maximum absolute atomic E-state index is 12.6. The van der Waals surface area contributed by atoms with Gasteiger partial charge in [-0.05, 0) is 54.8 Å². The zero-order chi connectivity index (χ0) is 21.8. The number of anilines is 2. The van der Waals surface area contributed by atoms with E-state index in [0.29, 0.717) is 11.4 Å². The first-order valence-electron chi connectivity index (χ1n) is 10.2. The van der Waals surface area contributed by atoms with E-state index in [4.69, 9.17) is 9.15 Å². The van der Waals surface area contributed by atoms with Gasteiger partial charge < -0.3 is 24.7 Å². The van der Waals surface area contributed by atoms with Crippen LogP contribution < -0.4 is 20.3 Å². The Balaban J connectivity index is 1.46. The Morgan fingerprint density at radius 2 is 1.97 bits per heavy atom. The number of para-hydroxylation sites is 1. The first-order chi connectivity index (χ1) is 15.1. The van der Waals surface area contributed by atoms with Gasteiger partial charge in [0.25, 0.3) is 0 Å². The molecule has 0 bridgehead atoms. The highest BCUT2D eigenvalue weighted by Gasteiger charge is 2.29. The summed E-state index contributed by atoms with van der Waals surface area (Å²) in [5.74, 6) is -0.233. The van der Waals surface area contributed by atoms with Crippen LogP contribution in [0.25, 0.3) is 0 Å². The normalized spacial score (nSPS) is 13.4. The second-order valence-electron chi connectivity index (χ2n) is 7.47. The Labute approximate surface area is 181 Å². The van der Waals surface area contributed by atoms with E-state index in [9.17, 15) is 9.59 Å². The van der Waals surface area contributed by atoms with Gasteiger partial charge in [0.1, 0.15) is 17.6 Å². The summed E-state index contributed by atoms with van der Waals surface area (Å²) in [6.45, 7) is 2.95. The number of nitrogens with zero attached hydrogens (tertiary/aromatic N) is 1. The molecule has 2 heterocycles. The Kier molecular flexibility index (Phi) is 5.93. The molecule has 31 heavy (non-hydrogen) atoms. The molecule has 4 rings (SSSR count). The third-order valence-corrected chi connectivity index (χ3v) is 5.44. The fourth-order valence-electron chi connectivity index (χ4n) is 3.90. The number of fused-ring (bicyclic) bond motifs is 1. The summed E-state index contributed by atoms with van der Waals surface area (Å²) < 4.78 is 10.9. The summed E-state index contributed by atoms with van der Waals surface area (Å²) in [4.78, 5) is 27.3. The molecule has 2 amide bonds. The molecule has 3 aromatic rings.